The Bertz CT molecular complexity index is 767. The second kappa shape index (κ2) is 6.65. The maximum Gasteiger partial charge on any atom is 0.412 e. The third-order valence-electron chi connectivity index (χ3n) is 2.71. The average molecular weight is 336 g/mol. The van der Waals surface area contributed by atoms with Crippen molar-refractivity contribution in [2.75, 3.05) is 12.4 Å². The predicted molar refractivity (Wildman–Crippen MR) is 82.5 cm³/mol. The number of halogens is 1. The molecule has 0 bridgehead atoms. The fourth-order valence-electron chi connectivity index (χ4n) is 1.76. The molecule has 0 radical (unpaired) electrons. The molecule has 0 aliphatic carbocycles. The Labute approximate surface area is 137 Å². The fourth-order valence-corrected chi connectivity index (χ4v) is 1.76. The number of rotatable bonds is 3. The van der Waals surface area contributed by atoms with Crippen molar-refractivity contribution in [3.05, 3.63) is 36.0 Å². The second-order valence-corrected chi connectivity index (χ2v) is 5.76. The van der Waals surface area contributed by atoms with Gasteiger partial charge in [-0.3, -0.25) is 5.32 Å². The highest BCUT2D eigenvalue weighted by Gasteiger charge is 2.20. The summed E-state index contributed by atoms with van der Waals surface area (Å²) >= 11 is 0. The highest BCUT2D eigenvalue weighted by atomic mass is 19.1. The molecule has 0 saturated heterocycles. The molecule has 0 atom stereocenters. The van der Waals surface area contributed by atoms with Gasteiger partial charge in [-0.05, 0) is 32.9 Å². The van der Waals surface area contributed by atoms with Crippen molar-refractivity contribution in [2.24, 2.45) is 0 Å². The Morgan fingerprint density at radius 3 is 2.62 bits per heavy atom. The van der Waals surface area contributed by atoms with E-state index in [1.54, 1.807) is 20.8 Å². The van der Waals surface area contributed by atoms with Crippen LogP contribution in [0.15, 0.2) is 24.5 Å². The molecule has 0 fully saturated rings. The van der Waals surface area contributed by atoms with Crippen LogP contribution in [0.2, 0.25) is 0 Å². The summed E-state index contributed by atoms with van der Waals surface area (Å²) < 4.78 is 25.2. The van der Waals surface area contributed by atoms with Crippen LogP contribution in [0.4, 0.5) is 14.9 Å². The number of amides is 1. The van der Waals surface area contributed by atoms with Gasteiger partial charge >= 0.3 is 12.1 Å². The predicted octanol–water partition coefficient (Wildman–Crippen LogP) is 2.54. The van der Waals surface area contributed by atoms with Crippen molar-refractivity contribution in [3.63, 3.8) is 0 Å². The van der Waals surface area contributed by atoms with E-state index in [1.165, 1.54) is 31.6 Å². The van der Waals surface area contributed by atoms with Crippen molar-refractivity contribution in [1.29, 1.82) is 0 Å². The maximum atomic E-state index is 14.5. The molecule has 128 valence electrons. The van der Waals surface area contributed by atoms with Crippen molar-refractivity contribution in [2.45, 2.75) is 26.4 Å². The Morgan fingerprint density at radius 1 is 1.29 bits per heavy atom. The number of nitrogens with one attached hydrogen (secondary N) is 1. The SMILES string of the molecule is COC(=O)c1ccn(-c2nccc(NC(=O)OC(C)(C)C)c2F)n1. The molecule has 0 aliphatic rings. The molecule has 0 saturated carbocycles. The number of ether oxygens (including phenoxy) is 2. The first-order chi connectivity index (χ1) is 11.2. The third-order valence-corrected chi connectivity index (χ3v) is 2.71. The summed E-state index contributed by atoms with van der Waals surface area (Å²) in [5, 5.41) is 6.20. The van der Waals surface area contributed by atoms with E-state index in [9.17, 15) is 14.0 Å². The number of anilines is 1. The van der Waals surface area contributed by atoms with Crippen LogP contribution in [0.5, 0.6) is 0 Å². The number of nitrogens with zero attached hydrogens (tertiary/aromatic N) is 3. The van der Waals surface area contributed by atoms with E-state index in [-0.39, 0.29) is 17.2 Å². The number of pyridine rings is 1. The van der Waals surface area contributed by atoms with Gasteiger partial charge in [0.05, 0.1) is 12.8 Å². The van der Waals surface area contributed by atoms with E-state index < -0.39 is 23.5 Å². The lowest BCUT2D eigenvalue weighted by Gasteiger charge is -2.19. The maximum absolute atomic E-state index is 14.5. The van der Waals surface area contributed by atoms with Crippen LogP contribution in [0.3, 0.4) is 0 Å². The van der Waals surface area contributed by atoms with Crippen LogP contribution in [-0.4, -0.2) is 39.5 Å². The monoisotopic (exact) mass is 336 g/mol. The number of hydrogen-bond donors (Lipinski definition) is 1. The van der Waals surface area contributed by atoms with Gasteiger partial charge in [-0.1, -0.05) is 0 Å². The summed E-state index contributed by atoms with van der Waals surface area (Å²) in [6, 6.07) is 2.65. The van der Waals surface area contributed by atoms with Crippen molar-refractivity contribution >= 4 is 17.7 Å². The molecule has 0 spiro atoms. The van der Waals surface area contributed by atoms with Gasteiger partial charge in [0.2, 0.25) is 0 Å². The van der Waals surface area contributed by atoms with Gasteiger partial charge in [-0.15, -0.1) is 0 Å². The zero-order valence-corrected chi connectivity index (χ0v) is 13.7. The minimum atomic E-state index is -0.817. The lowest BCUT2D eigenvalue weighted by molar-refractivity contribution is 0.0591. The molecule has 0 aromatic carbocycles. The summed E-state index contributed by atoms with van der Waals surface area (Å²) in [6.07, 6.45) is 1.86. The standard InChI is InChI=1S/C15H17FN4O4/c1-15(2,3)24-14(22)18-9-5-7-17-12(11(9)16)20-8-6-10(19-20)13(21)23-4/h5-8H,1-4H3,(H,17,18,22). The Kier molecular flexibility index (Phi) is 4.82. The van der Waals surface area contributed by atoms with Crippen LogP contribution < -0.4 is 5.32 Å². The number of carbonyl (C=O) groups excluding carboxylic acids is 2. The van der Waals surface area contributed by atoms with Crippen molar-refractivity contribution in [1.82, 2.24) is 14.8 Å². The number of methoxy groups -OCH3 is 1. The second-order valence-electron chi connectivity index (χ2n) is 5.76. The largest absolute Gasteiger partial charge is 0.464 e. The molecule has 8 nitrogen and oxygen atoms in total. The molecule has 2 aromatic rings. The first-order valence-electron chi connectivity index (χ1n) is 7.00. The molecule has 9 heteroatoms. The third kappa shape index (κ3) is 4.06. The molecule has 24 heavy (non-hydrogen) atoms. The Morgan fingerprint density at radius 2 is 2.00 bits per heavy atom. The van der Waals surface area contributed by atoms with Crippen molar-refractivity contribution in [3.8, 4) is 5.82 Å². The summed E-state index contributed by atoms with van der Waals surface area (Å²) in [5.74, 6) is -1.65. The number of aromatic nitrogens is 3. The smallest absolute Gasteiger partial charge is 0.412 e. The first-order valence-corrected chi connectivity index (χ1v) is 7.00. The normalized spacial score (nSPS) is 11.0. The molecular weight excluding hydrogens is 319 g/mol. The molecule has 1 amide bonds. The molecule has 0 aliphatic heterocycles. The lowest BCUT2D eigenvalue weighted by atomic mass is 10.2. The molecule has 2 aromatic heterocycles. The summed E-state index contributed by atoms with van der Waals surface area (Å²) in [6.45, 7) is 5.08. The minimum absolute atomic E-state index is 0.00389. The van der Waals surface area contributed by atoms with Gasteiger partial charge in [0, 0.05) is 12.4 Å². The van der Waals surface area contributed by atoms with E-state index >= 15 is 0 Å². The van der Waals surface area contributed by atoms with Gasteiger partial charge in [0.1, 0.15) is 5.60 Å². The Hall–Kier alpha value is -2.97. The first kappa shape index (κ1) is 17.4. The highest BCUT2D eigenvalue weighted by Crippen LogP contribution is 2.20. The van der Waals surface area contributed by atoms with E-state index in [0.717, 1.165) is 4.68 Å². The quantitative estimate of drug-likeness (QED) is 0.866. The number of esters is 1. The van der Waals surface area contributed by atoms with Gasteiger partial charge in [0.15, 0.2) is 17.3 Å². The zero-order valence-electron chi connectivity index (χ0n) is 13.7. The minimum Gasteiger partial charge on any atom is -0.464 e. The zero-order chi connectivity index (χ0) is 17.9. The van der Waals surface area contributed by atoms with Crippen LogP contribution in [0.1, 0.15) is 31.3 Å². The fraction of sp³-hybridized carbons (Fsp3) is 0.333. The molecule has 2 heterocycles. The topological polar surface area (TPSA) is 95.3 Å². The molecule has 0 unspecified atom stereocenters. The van der Waals surface area contributed by atoms with Crippen LogP contribution in [-0.2, 0) is 9.47 Å². The molecular formula is C15H17FN4O4. The molecule has 1 N–H and O–H groups in total. The van der Waals surface area contributed by atoms with Crippen molar-refractivity contribution < 1.29 is 23.5 Å². The summed E-state index contributed by atoms with van der Waals surface area (Å²) in [7, 11) is 1.21. The number of carbonyl (C=O) groups is 2. The van der Waals surface area contributed by atoms with Gasteiger partial charge in [-0.25, -0.2) is 23.6 Å². The van der Waals surface area contributed by atoms with E-state index in [2.05, 4.69) is 20.1 Å². The van der Waals surface area contributed by atoms with Gasteiger partial charge in [0.25, 0.3) is 0 Å². The lowest BCUT2D eigenvalue weighted by Crippen LogP contribution is -2.27. The molecule has 2 rings (SSSR count). The average Bonchev–Trinajstić information content (AvgIpc) is 2.96. The number of hydrogen-bond acceptors (Lipinski definition) is 6. The summed E-state index contributed by atoms with van der Waals surface area (Å²) in [5.41, 5.74) is -0.832. The summed E-state index contributed by atoms with van der Waals surface area (Å²) in [4.78, 5) is 27.0. The van der Waals surface area contributed by atoms with Crippen LogP contribution >= 0.6 is 0 Å². The van der Waals surface area contributed by atoms with Crippen LogP contribution in [0.25, 0.3) is 5.82 Å². The Balaban J connectivity index is 2.26. The van der Waals surface area contributed by atoms with Crippen LogP contribution in [0, 0.1) is 5.82 Å². The van der Waals surface area contributed by atoms with Gasteiger partial charge in [-0.2, -0.15) is 5.10 Å². The van der Waals surface area contributed by atoms with Gasteiger partial charge < -0.3 is 9.47 Å². The van der Waals surface area contributed by atoms with E-state index in [1.807, 2.05) is 0 Å². The van der Waals surface area contributed by atoms with E-state index in [0.29, 0.717) is 0 Å². The highest BCUT2D eigenvalue weighted by molar-refractivity contribution is 5.87. The van der Waals surface area contributed by atoms with E-state index in [4.69, 9.17) is 4.74 Å².